The maximum Gasteiger partial charge on any atom is 0.195 e. The van der Waals surface area contributed by atoms with Crippen LogP contribution in [0.15, 0.2) is 91.1 Å². The zero-order valence-electron chi connectivity index (χ0n) is 23.8. The van der Waals surface area contributed by atoms with Crippen LogP contribution in [0.5, 0.6) is 0 Å². The van der Waals surface area contributed by atoms with E-state index in [1.165, 1.54) is 11.1 Å². The van der Waals surface area contributed by atoms with E-state index in [2.05, 4.69) is 64.6 Å². The van der Waals surface area contributed by atoms with Crippen molar-refractivity contribution < 1.29 is 20.1 Å². The van der Waals surface area contributed by atoms with E-state index in [1.54, 1.807) is 0 Å². The molecule has 6 rings (SSSR count). The van der Waals surface area contributed by atoms with Crippen molar-refractivity contribution in [3.05, 3.63) is 142 Å². The number of fused-ring (bicyclic) bond motifs is 1. The van der Waals surface area contributed by atoms with Gasteiger partial charge in [-0.25, -0.2) is 4.85 Å². The number of para-hydroxylation sites is 2. The predicted molar refractivity (Wildman–Crippen MR) is 164 cm³/mol. The molecule has 0 aliphatic heterocycles. The van der Waals surface area contributed by atoms with Gasteiger partial charge < -0.3 is 9.55 Å². The van der Waals surface area contributed by atoms with Crippen molar-refractivity contribution in [1.82, 2.24) is 14.5 Å². The van der Waals surface area contributed by atoms with Gasteiger partial charge in [0.05, 0.1) is 23.4 Å². The monoisotopic (exact) mass is 711 g/mol. The number of aryl methyl sites for hydroxylation is 4. The molecule has 205 valence electrons. The van der Waals surface area contributed by atoms with Gasteiger partial charge in [0, 0.05) is 32.0 Å². The first-order valence-corrected chi connectivity index (χ1v) is 13.2. The van der Waals surface area contributed by atoms with E-state index in [-0.39, 0.29) is 20.1 Å². The molecule has 1 radical (unpaired) electrons. The Labute approximate surface area is 255 Å². The van der Waals surface area contributed by atoms with Gasteiger partial charge in [0.15, 0.2) is 5.69 Å². The summed E-state index contributed by atoms with van der Waals surface area (Å²) in [7, 11) is 0. The van der Waals surface area contributed by atoms with Gasteiger partial charge in [-0.2, -0.15) is 0 Å². The van der Waals surface area contributed by atoms with Crippen molar-refractivity contribution in [2.45, 2.75) is 34.6 Å². The SMILES string of the molecule is Cc1c[c-]c(-c2ccc(C)cn2)cc1.[C-]#[N+]c1c(C)cc(C)c(-n2c(-c3[c-]cccc3)nc3ccccc32)c1C.[Ir]. The smallest absolute Gasteiger partial charge is 0.195 e. The molecule has 0 saturated carbocycles. The number of benzene rings is 4. The number of pyridine rings is 1. The summed E-state index contributed by atoms with van der Waals surface area (Å²) in [5.41, 5.74) is 12.2. The summed E-state index contributed by atoms with van der Waals surface area (Å²) < 4.78 is 2.17. The van der Waals surface area contributed by atoms with Gasteiger partial charge in [0.25, 0.3) is 0 Å². The first-order chi connectivity index (χ1) is 19.4. The molecule has 0 spiro atoms. The van der Waals surface area contributed by atoms with Crippen LogP contribution in [0.25, 0.3) is 44.2 Å². The number of nitrogens with zero attached hydrogens (tertiary/aromatic N) is 4. The normalized spacial score (nSPS) is 10.3. The summed E-state index contributed by atoms with van der Waals surface area (Å²) in [5, 5.41) is 0. The minimum absolute atomic E-state index is 0. The van der Waals surface area contributed by atoms with Crippen LogP contribution in [-0.4, -0.2) is 14.5 Å². The fourth-order valence-corrected chi connectivity index (χ4v) is 4.94. The standard InChI is InChI=1S/C23H18N3.C13H12N.Ir/c1-15-14-16(2)22(17(3)21(15)24-4)26-20-13-9-8-12-19(20)25-23(26)18-10-6-5-7-11-18;1-10-3-6-12(7-4-10)13-8-5-11(2)9-14-13;/h5-10,12-14H,1-3H3;3-6,8-9H,1-2H3;/q2*-1;. The quantitative estimate of drug-likeness (QED) is 0.172. The van der Waals surface area contributed by atoms with Crippen molar-refractivity contribution in [3.63, 3.8) is 0 Å². The van der Waals surface area contributed by atoms with E-state index >= 15 is 0 Å². The van der Waals surface area contributed by atoms with E-state index in [4.69, 9.17) is 11.6 Å². The van der Waals surface area contributed by atoms with Gasteiger partial charge in [-0.1, -0.05) is 37.3 Å². The summed E-state index contributed by atoms with van der Waals surface area (Å²) in [6.45, 7) is 17.8. The van der Waals surface area contributed by atoms with Gasteiger partial charge in [-0.15, -0.1) is 71.3 Å². The zero-order chi connectivity index (χ0) is 28.2. The van der Waals surface area contributed by atoms with Crippen molar-refractivity contribution >= 4 is 16.7 Å². The Morgan fingerprint density at radius 2 is 1.54 bits per heavy atom. The van der Waals surface area contributed by atoms with Crippen LogP contribution >= 0.6 is 0 Å². The van der Waals surface area contributed by atoms with Crippen LogP contribution in [0.2, 0.25) is 0 Å². The molecular weight excluding hydrogens is 681 g/mol. The van der Waals surface area contributed by atoms with Gasteiger partial charge in [-0.05, 0) is 67.8 Å². The van der Waals surface area contributed by atoms with E-state index < -0.39 is 0 Å². The number of imidazole rings is 1. The first-order valence-electron chi connectivity index (χ1n) is 13.2. The van der Waals surface area contributed by atoms with Crippen LogP contribution in [0.4, 0.5) is 5.69 Å². The molecule has 0 unspecified atom stereocenters. The molecule has 4 nitrogen and oxygen atoms in total. The van der Waals surface area contributed by atoms with Crippen LogP contribution in [0.3, 0.4) is 0 Å². The Hall–Kier alpha value is -4.36. The maximum absolute atomic E-state index is 7.59. The van der Waals surface area contributed by atoms with E-state index in [9.17, 15) is 0 Å². The molecule has 0 saturated heterocycles. The molecule has 2 heterocycles. The fourth-order valence-electron chi connectivity index (χ4n) is 4.94. The second-order valence-corrected chi connectivity index (χ2v) is 9.98. The summed E-state index contributed by atoms with van der Waals surface area (Å²) in [6.07, 6.45) is 1.88. The Morgan fingerprint density at radius 3 is 2.20 bits per heavy atom. The molecule has 0 aliphatic rings. The molecule has 41 heavy (non-hydrogen) atoms. The Morgan fingerprint density at radius 1 is 0.780 bits per heavy atom. The Balaban J connectivity index is 0.000000219. The van der Waals surface area contributed by atoms with Crippen LogP contribution in [0.1, 0.15) is 27.8 Å². The van der Waals surface area contributed by atoms with Gasteiger partial charge in [0.2, 0.25) is 0 Å². The second-order valence-electron chi connectivity index (χ2n) is 9.98. The fraction of sp³-hybridized carbons (Fsp3) is 0.139. The molecule has 4 aromatic carbocycles. The third-order valence-corrected chi connectivity index (χ3v) is 6.89. The number of aromatic nitrogens is 3. The molecule has 0 bridgehead atoms. The predicted octanol–water partition coefficient (Wildman–Crippen LogP) is 9.13. The molecule has 0 fully saturated rings. The van der Waals surface area contributed by atoms with Gasteiger partial charge in [0.1, 0.15) is 0 Å². The molecular formula is C36H30IrN4-2. The first kappa shape index (κ1) is 29.6. The van der Waals surface area contributed by atoms with E-state index in [0.29, 0.717) is 5.69 Å². The number of rotatable bonds is 3. The summed E-state index contributed by atoms with van der Waals surface area (Å²) >= 11 is 0. The molecule has 0 aliphatic carbocycles. The van der Waals surface area contributed by atoms with Crippen molar-refractivity contribution in [3.8, 4) is 28.3 Å². The Bertz CT molecular complexity index is 1790. The minimum atomic E-state index is 0. The van der Waals surface area contributed by atoms with Gasteiger partial charge in [-0.3, -0.25) is 4.98 Å². The molecule has 5 heteroatoms. The summed E-state index contributed by atoms with van der Waals surface area (Å²) in [6, 6.07) is 34.8. The van der Waals surface area contributed by atoms with Gasteiger partial charge >= 0.3 is 0 Å². The minimum Gasteiger partial charge on any atom is -0.334 e. The summed E-state index contributed by atoms with van der Waals surface area (Å²) in [5.74, 6) is 0.845. The topological polar surface area (TPSA) is 35.1 Å². The maximum atomic E-state index is 7.59. The molecule has 0 atom stereocenters. The molecule has 6 aromatic rings. The second kappa shape index (κ2) is 12.9. The van der Waals surface area contributed by atoms with Crippen molar-refractivity contribution in [2.24, 2.45) is 0 Å². The van der Waals surface area contributed by atoms with Crippen LogP contribution in [-0.2, 0) is 20.1 Å². The molecule has 0 N–H and O–H groups in total. The van der Waals surface area contributed by atoms with Crippen molar-refractivity contribution in [1.29, 1.82) is 0 Å². The zero-order valence-corrected chi connectivity index (χ0v) is 26.2. The Kier molecular flexibility index (Phi) is 9.30. The molecule has 2 aromatic heterocycles. The largest absolute Gasteiger partial charge is 0.334 e. The number of hydrogen-bond acceptors (Lipinski definition) is 2. The van der Waals surface area contributed by atoms with Crippen LogP contribution < -0.4 is 0 Å². The summed E-state index contributed by atoms with van der Waals surface area (Å²) in [4.78, 5) is 13.0. The van der Waals surface area contributed by atoms with Crippen LogP contribution in [0, 0.1) is 53.3 Å². The van der Waals surface area contributed by atoms with E-state index in [0.717, 1.165) is 56.1 Å². The molecule has 0 amide bonds. The van der Waals surface area contributed by atoms with E-state index in [1.807, 2.05) is 87.6 Å². The average molecular weight is 711 g/mol. The third kappa shape index (κ3) is 6.20. The third-order valence-electron chi connectivity index (χ3n) is 6.89. The number of hydrogen-bond donors (Lipinski definition) is 0. The van der Waals surface area contributed by atoms with Crippen molar-refractivity contribution in [2.75, 3.05) is 0 Å². The average Bonchev–Trinajstić information content (AvgIpc) is 3.34.